The van der Waals surface area contributed by atoms with E-state index in [1.165, 1.54) is 16.0 Å². The number of hydrogen-bond donors (Lipinski definition) is 1. The van der Waals surface area contributed by atoms with E-state index in [9.17, 15) is 0 Å². The Balaban J connectivity index is 1.84. The molecule has 2 rings (SSSR count). The molecule has 2 aromatic rings. The Labute approximate surface area is 155 Å². The number of unbranched alkanes of at least 4 members (excludes halogenated alkanes) is 1. The first kappa shape index (κ1) is 19.4. The van der Waals surface area contributed by atoms with E-state index in [0.717, 1.165) is 24.5 Å². The lowest BCUT2D eigenvalue weighted by atomic mass is 10.1. The van der Waals surface area contributed by atoms with E-state index >= 15 is 0 Å². The Hall–Kier alpha value is -1.96. The summed E-state index contributed by atoms with van der Waals surface area (Å²) in [7, 11) is 0. The average molecular weight is 355 g/mol. The molecule has 0 spiro atoms. The summed E-state index contributed by atoms with van der Waals surface area (Å²) in [6.07, 6.45) is 1.30. The summed E-state index contributed by atoms with van der Waals surface area (Å²) in [5, 5.41) is 12.1. The van der Waals surface area contributed by atoms with Crippen LogP contribution in [0.5, 0.6) is 5.75 Å². The van der Waals surface area contributed by atoms with Crippen molar-refractivity contribution in [3.8, 4) is 11.8 Å². The van der Waals surface area contributed by atoms with E-state index in [1.807, 2.05) is 23.9 Å². The molecule has 0 aliphatic heterocycles. The summed E-state index contributed by atoms with van der Waals surface area (Å²) in [5.41, 5.74) is 2.49. The van der Waals surface area contributed by atoms with Gasteiger partial charge in [-0.1, -0.05) is 31.2 Å². The molecule has 1 unspecified atom stereocenters. The Morgan fingerprint density at radius 3 is 2.72 bits per heavy atom. The van der Waals surface area contributed by atoms with Crippen LogP contribution in [0.3, 0.4) is 0 Å². The lowest BCUT2D eigenvalue weighted by Gasteiger charge is -2.15. The number of nitriles is 1. The van der Waals surface area contributed by atoms with Crippen molar-refractivity contribution in [3.05, 3.63) is 59.7 Å². The van der Waals surface area contributed by atoms with Gasteiger partial charge in [0, 0.05) is 23.9 Å². The van der Waals surface area contributed by atoms with Crippen LogP contribution < -0.4 is 10.1 Å². The summed E-state index contributed by atoms with van der Waals surface area (Å²) in [6.45, 7) is 5.74. The second-order valence-electron chi connectivity index (χ2n) is 5.86. The van der Waals surface area contributed by atoms with Gasteiger partial charge in [0.25, 0.3) is 0 Å². The first-order chi connectivity index (χ1) is 12.2. The first-order valence-electron chi connectivity index (χ1n) is 8.77. The molecule has 0 saturated heterocycles. The third-order valence-electron chi connectivity index (χ3n) is 3.90. The third kappa shape index (κ3) is 6.81. The smallest absolute Gasteiger partial charge is 0.119 e. The van der Waals surface area contributed by atoms with Crippen LogP contribution in [0.4, 0.5) is 0 Å². The molecule has 25 heavy (non-hydrogen) atoms. The highest BCUT2D eigenvalue weighted by Gasteiger charge is 2.06. The van der Waals surface area contributed by atoms with Crippen molar-refractivity contribution in [2.45, 2.75) is 44.2 Å². The van der Waals surface area contributed by atoms with E-state index in [1.54, 1.807) is 0 Å². The maximum Gasteiger partial charge on any atom is 0.119 e. The molecule has 0 aliphatic rings. The van der Waals surface area contributed by atoms with Crippen molar-refractivity contribution < 1.29 is 4.74 Å². The minimum absolute atomic E-state index is 0.292. The molecule has 132 valence electrons. The van der Waals surface area contributed by atoms with Crippen molar-refractivity contribution in [3.63, 3.8) is 0 Å². The van der Waals surface area contributed by atoms with E-state index in [4.69, 9.17) is 10.00 Å². The molecule has 0 radical (unpaired) electrons. The minimum atomic E-state index is 0.292. The fraction of sp³-hybridized carbons (Fsp3) is 0.381. The predicted molar refractivity (Wildman–Crippen MR) is 105 cm³/mol. The zero-order valence-electron chi connectivity index (χ0n) is 15.0. The second-order valence-corrected chi connectivity index (χ2v) is 7.20. The van der Waals surface area contributed by atoms with E-state index in [0.29, 0.717) is 19.1 Å². The number of nitrogens with one attached hydrogen (secondary N) is 1. The highest BCUT2D eigenvalue weighted by atomic mass is 32.2. The number of ether oxygens (including phenoxy) is 1. The van der Waals surface area contributed by atoms with Crippen LogP contribution in [-0.4, -0.2) is 12.4 Å². The van der Waals surface area contributed by atoms with E-state index < -0.39 is 0 Å². The standard InChI is InChI=1S/C21H26N2OS/c1-3-25-21-11-9-19(10-12-21)17(2)23-16-18-7-6-8-20(15-18)24-14-5-4-13-22/h6-12,15,17,23H,3-5,14,16H2,1-2H3. The van der Waals surface area contributed by atoms with Crippen LogP contribution in [-0.2, 0) is 6.54 Å². The average Bonchev–Trinajstić information content (AvgIpc) is 2.64. The zero-order valence-corrected chi connectivity index (χ0v) is 15.8. The van der Waals surface area contributed by atoms with Crippen LogP contribution in [0.25, 0.3) is 0 Å². The van der Waals surface area contributed by atoms with Crippen molar-refractivity contribution >= 4 is 11.8 Å². The van der Waals surface area contributed by atoms with Crippen LogP contribution in [0, 0.1) is 11.3 Å². The molecule has 1 atom stereocenters. The highest BCUT2D eigenvalue weighted by Crippen LogP contribution is 2.21. The third-order valence-corrected chi connectivity index (χ3v) is 4.80. The van der Waals surface area contributed by atoms with Crippen LogP contribution in [0.15, 0.2) is 53.4 Å². The maximum atomic E-state index is 8.55. The van der Waals surface area contributed by atoms with E-state index in [2.05, 4.69) is 61.6 Å². The van der Waals surface area contributed by atoms with Gasteiger partial charge in [-0.15, -0.1) is 11.8 Å². The number of benzene rings is 2. The molecule has 0 saturated carbocycles. The summed E-state index contributed by atoms with van der Waals surface area (Å²) in [5.74, 6) is 1.97. The van der Waals surface area contributed by atoms with Crippen molar-refractivity contribution in [1.29, 1.82) is 5.26 Å². The topological polar surface area (TPSA) is 45.0 Å². The van der Waals surface area contributed by atoms with Crippen LogP contribution >= 0.6 is 11.8 Å². The number of nitrogens with zero attached hydrogens (tertiary/aromatic N) is 1. The Morgan fingerprint density at radius 1 is 1.20 bits per heavy atom. The number of rotatable bonds is 10. The van der Waals surface area contributed by atoms with Crippen molar-refractivity contribution in [1.82, 2.24) is 5.32 Å². The molecular formula is C21H26N2OS. The first-order valence-corrected chi connectivity index (χ1v) is 9.76. The molecule has 0 aliphatic carbocycles. The van der Waals surface area contributed by atoms with Gasteiger partial charge in [-0.2, -0.15) is 5.26 Å². The molecule has 0 aromatic heterocycles. The van der Waals surface area contributed by atoms with Gasteiger partial charge in [0.05, 0.1) is 12.7 Å². The van der Waals surface area contributed by atoms with Gasteiger partial charge in [0.2, 0.25) is 0 Å². The van der Waals surface area contributed by atoms with Gasteiger partial charge in [0.1, 0.15) is 5.75 Å². The molecular weight excluding hydrogens is 328 g/mol. The summed E-state index contributed by atoms with van der Waals surface area (Å²) in [6, 6.07) is 19.3. The summed E-state index contributed by atoms with van der Waals surface area (Å²) in [4.78, 5) is 1.32. The predicted octanol–water partition coefficient (Wildman–Crippen LogP) is 5.33. The van der Waals surface area contributed by atoms with Crippen LogP contribution in [0.1, 0.15) is 43.9 Å². The molecule has 1 N–H and O–H groups in total. The quantitative estimate of drug-likeness (QED) is 0.462. The molecule has 0 bridgehead atoms. The monoisotopic (exact) mass is 354 g/mol. The molecule has 4 heteroatoms. The SMILES string of the molecule is CCSc1ccc(C(C)NCc2cccc(OCCCC#N)c2)cc1. The number of thioether (sulfide) groups is 1. The van der Waals surface area contributed by atoms with Gasteiger partial charge in [-0.05, 0) is 54.5 Å². The zero-order chi connectivity index (χ0) is 17.9. The molecule has 2 aromatic carbocycles. The van der Waals surface area contributed by atoms with Gasteiger partial charge >= 0.3 is 0 Å². The van der Waals surface area contributed by atoms with Gasteiger partial charge in [-0.25, -0.2) is 0 Å². The molecule has 0 amide bonds. The Morgan fingerprint density at radius 2 is 2.00 bits per heavy atom. The molecule has 3 nitrogen and oxygen atoms in total. The Kier molecular flexibility index (Phi) is 8.38. The fourth-order valence-electron chi connectivity index (χ4n) is 2.49. The van der Waals surface area contributed by atoms with Gasteiger partial charge in [-0.3, -0.25) is 0 Å². The minimum Gasteiger partial charge on any atom is -0.494 e. The fourth-order valence-corrected chi connectivity index (χ4v) is 3.16. The second kappa shape index (κ2) is 10.8. The van der Waals surface area contributed by atoms with Gasteiger partial charge < -0.3 is 10.1 Å². The summed E-state index contributed by atoms with van der Waals surface area (Å²) >= 11 is 1.86. The highest BCUT2D eigenvalue weighted by molar-refractivity contribution is 7.99. The lowest BCUT2D eigenvalue weighted by Crippen LogP contribution is -2.18. The Bertz CT molecular complexity index is 679. The normalized spacial score (nSPS) is 11.7. The molecule has 0 fully saturated rings. The largest absolute Gasteiger partial charge is 0.494 e. The van der Waals surface area contributed by atoms with Crippen molar-refractivity contribution in [2.75, 3.05) is 12.4 Å². The van der Waals surface area contributed by atoms with E-state index in [-0.39, 0.29) is 0 Å². The maximum absolute atomic E-state index is 8.55. The molecule has 0 heterocycles. The van der Waals surface area contributed by atoms with Crippen molar-refractivity contribution in [2.24, 2.45) is 0 Å². The van der Waals surface area contributed by atoms with Crippen LogP contribution in [0.2, 0.25) is 0 Å². The summed E-state index contributed by atoms with van der Waals surface area (Å²) < 4.78 is 5.70. The lowest BCUT2D eigenvalue weighted by molar-refractivity contribution is 0.312. The number of hydrogen-bond acceptors (Lipinski definition) is 4. The van der Waals surface area contributed by atoms with Gasteiger partial charge in [0.15, 0.2) is 0 Å².